The Labute approximate surface area is 235 Å². The van der Waals surface area contributed by atoms with Gasteiger partial charge < -0.3 is 24.4 Å². The van der Waals surface area contributed by atoms with Crippen LogP contribution in [0, 0.1) is 5.41 Å². The van der Waals surface area contributed by atoms with E-state index >= 15 is 0 Å². The maximum atomic E-state index is 13.3. The summed E-state index contributed by atoms with van der Waals surface area (Å²) in [5, 5.41) is 3.10. The molecule has 1 spiro atoms. The van der Waals surface area contributed by atoms with Crippen molar-refractivity contribution in [3.05, 3.63) is 48.0 Å². The van der Waals surface area contributed by atoms with Crippen LogP contribution in [0.3, 0.4) is 0 Å². The minimum Gasteiger partial charge on any atom is -0.493 e. The fraction of sp³-hybridized carbons (Fsp3) is 0.517. The fourth-order valence-electron chi connectivity index (χ4n) is 5.59. The number of nitrogens with one attached hydrogen (secondary N) is 2. The van der Waals surface area contributed by atoms with Crippen molar-refractivity contribution in [1.29, 1.82) is 0 Å². The lowest BCUT2D eigenvalue weighted by molar-refractivity contribution is -0.140. The molecule has 0 unspecified atom stereocenters. The molecule has 10 nitrogen and oxygen atoms in total. The molecule has 0 aliphatic carbocycles. The molecule has 3 aliphatic rings. The van der Waals surface area contributed by atoms with Gasteiger partial charge in [0.05, 0.1) is 23.5 Å². The molecule has 3 aliphatic heterocycles. The number of rotatable bonds is 4. The third-order valence-corrected chi connectivity index (χ3v) is 9.38. The number of piperidine rings is 1. The molecule has 40 heavy (non-hydrogen) atoms. The highest BCUT2D eigenvalue weighted by Crippen LogP contribution is 2.38. The summed E-state index contributed by atoms with van der Waals surface area (Å²) in [5.74, 6) is 1.50. The molecule has 0 radical (unpaired) electrons. The number of ether oxygens (including phenoxy) is 3. The molecule has 0 aromatic heterocycles. The molecule has 0 bridgehead atoms. The highest BCUT2D eigenvalue weighted by Gasteiger charge is 2.41. The second-order valence-corrected chi connectivity index (χ2v) is 12.3. The quantitative estimate of drug-likeness (QED) is 0.579. The Bertz CT molecular complexity index is 1320. The predicted octanol–water partition coefficient (Wildman–Crippen LogP) is 2.66. The van der Waals surface area contributed by atoms with E-state index in [-0.39, 0.29) is 23.3 Å². The minimum atomic E-state index is -3.92. The monoisotopic (exact) mass is 571 g/mol. The van der Waals surface area contributed by atoms with Crippen LogP contribution in [-0.4, -0.2) is 71.1 Å². The third-order valence-electron chi connectivity index (χ3n) is 7.98. The van der Waals surface area contributed by atoms with Gasteiger partial charge in [0.2, 0.25) is 21.8 Å². The van der Waals surface area contributed by atoms with Crippen LogP contribution in [-0.2, 0) is 26.0 Å². The Balaban J connectivity index is 1.17. The van der Waals surface area contributed by atoms with Crippen LogP contribution in [0.5, 0.6) is 17.2 Å². The van der Waals surface area contributed by atoms with Crippen LogP contribution in [0.2, 0.25) is 0 Å². The summed E-state index contributed by atoms with van der Waals surface area (Å²) in [6.07, 6.45) is 5.29. The SMILES string of the molecule is O=C(CNS(=O)(=O)c1ccc2c(c1)OCCO2)N1CCC2(CCCCc3ccccc3OCCCNC2=O)CC1. The number of benzene rings is 2. The maximum Gasteiger partial charge on any atom is 0.241 e. The molecule has 216 valence electrons. The number of carbonyl (C=O) groups excluding carboxylic acids is 2. The number of aryl methyl sites for hydroxylation is 1. The molecular formula is C29H37N3O7S. The Hall–Kier alpha value is -3.31. The largest absolute Gasteiger partial charge is 0.493 e. The number of hydrogen-bond donors (Lipinski definition) is 2. The highest BCUT2D eigenvalue weighted by molar-refractivity contribution is 7.89. The maximum absolute atomic E-state index is 13.3. The summed E-state index contributed by atoms with van der Waals surface area (Å²) in [4.78, 5) is 28.0. The molecule has 5 rings (SSSR count). The average molecular weight is 572 g/mol. The van der Waals surface area contributed by atoms with E-state index in [1.54, 1.807) is 11.0 Å². The zero-order chi connectivity index (χ0) is 28.0. The molecular weight excluding hydrogens is 534 g/mol. The van der Waals surface area contributed by atoms with Gasteiger partial charge in [0.25, 0.3) is 0 Å². The van der Waals surface area contributed by atoms with Crippen molar-refractivity contribution in [3.8, 4) is 17.2 Å². The van der Waals surface area contributed by atoms with Crippen LogP contribution >= 0.6 is 0 Å². The second-order valence-electron chi connectivity index (χ2n) is 10.6. The first-order valence-electron chi connectivity index (χ1n) is 14.0. The van der Waals surface area contributed by atoms with Gasteiger partial charge in [-0.25, -0.2) is 13.1 Å². The number of nitrogens with zero attached hydrogens (tertiary/aromatic N) is 1. The van der Waals surface area contributed by atoms with Gasteiger partial charge in [0.1, 0.15) is 19.0 Å². The predicted molar refractivity (Wildman–Crippen MR) is 148 cm³/mol. The van der Waals surface area contributed by atoms with E-state index in [1.807, 2.05) is 18.2 Å². The fourth-order valence-corrected chi connectivity index (χ4v) is 6.58. The van der Waals surface area contributed by atoms with E-state index in [4.69, 9.17) is 14.2 Å². The van der Waals surface area contributed by atoms with Crippen LogP contribution in [0.15, 0.2) is 47.4 Å². The van der Waals surface area contributed by atoms with Crippen LogP contribution in [0.25, 0.3) is 0 Å². The highest BCUT2D eigenvalue weighted by atomic mass is 32.2. The molecule has 2 aromatic rings. The lowest BCUT2D eigenvalue weighted by Gasteiger charge is -2.41. The Morgan fingerprint density at radius 1 is 0.900 bits per heavy atom. The number of fused-ring (bicyclic) bond motifs is 2. The summed E-state index contributed by atoms with van der Waals surface area (Å²) in [5.41, 5.74) is 0.657. The first-order chi connectivity index (χ1) is 19.4. The van der Waals surface area contributed by atoms with Gasteiger partial charge in [-0.3, -0.25) is 9.59 Å². The number of amides is 2. The summed E-state index contributed by atoms with van der Waals surface area (Å²) >= 11 is 0. The lowest BCUT2D eigenvalue weighted by Crippen LogP contribution is -2.52. The number of likely N-dealkylation sites (tertiary alicyclic amines) is 1. The Kier molecular flexibility index (Phi) is 8.80. The van der Waals surface area contributed by atoms with E-state index in [0.29, 0.717) is 70.2 Å². The number of hydrogen-bond acceptors (Lipinski definition) is 7. The van der Waals surface area contributed by atoms with Crippen molar-refractivity contribution >= 4 is 21.8 Å². The van der Waals surface area contributed by atoms with Gasteiger partial charge >= 0.3 is 0 Å². The van der Waals surface area contributed by atoms with Crippen molar-refractivity contribution in [1.82, 2.24) is 14.9 Å². The lowest BCUT2D eigenvalue weighted by atomic mass is 9.73. The summed E-state index contributed by atoms with van der Waals surface area (Å²) < 4.78 is 45.0. The molecule has 0 atom stereocenters. The molecule has 2 N–H and O–H groups in total. The zero-order valence-electron chi connectivity index (χ0n) is 22.7. The Morgan fingerprint density at radius 3 is 2.48 bits per heavy atom. The van der Waals surface area contributed by atoms with Crippen LogP contribution in [0.4, 0.5) is 0 Å². The van der Waals surface area contributed by atoms with Crippen LogP contribution < -0.4 is 24.2 Å². The van der Waals surface area contributed by atoms with Crippen molar-refractivity contribution in [2.45, 2.75) is 49.8 Å². The van der Waals surface area contributed by atoms with Crippen LogP contribution in [0.1, 0.15) is 44.1 Å². The zero-order valence-corrected chi connectivity index (χ0v) is 23.5. The van der Waals surface area contributed by atoms with Crippen molar-refractivity contribution < 1.29 is 32.2 Å². The Morgan fingerprint density at radius 2 is 1.65 bits per heavy atom. The van der Waals surface area contributed by atoms with Crippen molar-refractivity contribution in [2.75, 3.05) is 46.0 Å². The first kappa shape index (κ1) is 28.2. The number of para-hydroxylation sites is 1. The summed E-state index contributed by atoms with van der Waals surface area (Å²) in [6, 6.07) is 12.5. The first-order valence-corrected chi connectivity index (χ1v) is 15.5. The van der Waals surface area contributed by atoms with Gasteiger partial charge in [-0.05, 0) is 62.3 Å². The molecule has 11 heteroatoms. The normalized spacial score (nSPS) is 19.7. The van der Waals surface area contributed by atoms with Crippen molar-refractivity contribution in [3.63, 3.8) is 0 Å². The molecule has 1 fully saturated rings. The third kappa shape index (κ3) is 6.52. The minimum absolute atomic E-state index is 0.0101. The van der Waals surface area contributed by atoms with Gasteiger partial charge in [-0.1, -0.05) is 24.6 Å². The summed E-state index contributed by atoms with van der Waals surface area (Å²) in [6.45, 7) is 2.29. The second kappa shape index (κ2) is 12.5. The average Bonchev–Trinajstić information content (AvgIpc) is 2.99. The molecule has 3 heterocycles. The summed E-state index contributed by atoms with van der Waals surface area (Å²) in [7, 11) is -3.92. The smallest absolute Gasteiger partial charge is 0.241 e. The van der Waals surface area contributed by atoms with Gasteiger partial charge in [-0.2, -0.15) is 0 Å². The van der Waals surface area contributed by atoms with E-state index in [9.17, 15) is 18.0 Å². The molecule has 2 aromatic carbocycles. The van der Waals surface area contributed by atoms with E-state index in [1.165, 1.54) is 17.7 Å². The van der Waals surface area contributed by atoms with E-state index < -0.39 is 15.4 Å². The van der Waals surface area contributed by atoms with Gasteiger partial charge in [0, 0.05) is 25.7 Å². The topological polar surface area (TPSA) is 123 Å². The van der Waals surface area contributed by atoms with E-state index in [0.717, 1.165) is 31.4 Å². The molecule has 1 saturated heterocycles. The molecule has 0 saturated carbocycles. The van der Waals surface area contributed by atoms with Crippen molar-refractivity contribution in [2.24, 2.45) is 5.41 Å². The van der Waals surface area contributed by atoms with E-state index in [2.05, 4.69) is 16.1 Å². The van der Waals surface area contributed by atoms with Gasteiger partial charge in [0.15, 0.2) is 11.5 Å². The standard InChI is InChI=1S/C29H37N3O7S/c33-27(21-31-40(35,36)23-9-10-25-26(20-23)39-19-18-38-25)32-15-12-29(13-16-32)11-4-3-7-22-6-1-2-8-24(22)37-17-5-14-30-28(29)34/h1-2,6,8-10,20,31H,3-5,7,11-19,21H2,(H,30,34). The number of carbonyl (C=O) groups is 2. The molecule has 2 amide bonds. The van der Waals surface area contributed by atoms with Gasteiger partial charge in [-0.15, -0.1) is 0 Å². The number of sulfonamides is 1.